The Bertz CT molecular complexity index is 1060. The zero-order valence-electron chi connectivity index (χ0n) is 15.7. The zero-order chi connectivity index (χ0) is 20.4. The number of aromatic nitrogens is 7. The van der Waals surface area contributed by atoms with Crippen LogP contribution in [-0.4, -0.2) is 64.8 Å². The summed E-state index contributed by atoms with van der Waals surface area (Å²) in [7, 11) is 1.93. The third-order valence-corrected chi connectivity index (χ3v) is 5.13. The molecule has 0 bridgehead atoms. The van der Waals surface area contributed by atoms with Crippen LogP contribution >= 0.6 is 0 Å². The zero-order valence-corrected chi connectivity index (χ0v) is 15.7. The van der Waals surface area contributed by atoms with Crippen molar-refractivity contribution in [1.29, 1.82) is 0 Å². The van der Waals surface area contributed by atoms with Crippen LogP contribution in [0, 0.1) is 0 Å². The molecule has 29 heavy (non-hydrogen) atoms. The van der Waals surface area contributed by atoms with Gasteiger partial charge in [0.15, 0.2) is 17.5 Å². The number of hydrogen-bond acceptors (Lipinski definition) is 8. The Morgan fingerprint density at radius 2 is 2.14 bits per heavy atom. The predicted octanol–water partition coefficient (Wildman–Crippen LogP) is -0.358. The lowest BCUT2D eigenvalue weighted by atomic mass is 10.0. The van der Waals surface area contributed by atoms with E-state index in [0.29, 0.717) is 25.5 Å². The van der Waals surface area contributed by atoms with Crippen molar-refractivity contribution in [2.24, 2.45) is 7.05 Å². The van der Waals surface area contributed by atoms with Crippen molar-refractivity contribution >= 4 is 12.3 Å². The smallest absolute Gasteiger partial charge is 0.343 e. The Hall–Kier alpha value is -3.54. The molecule has 0 radical (unpaired) electrons. The molecule has 2 aliphatic rings. The summed E-state index contributed by atoms with van der Waals surface area (Å²) in [5.74, 6) is 2.23. The molecule has 0 saturated carbocycles. The van der Waals surface area contributed by atoms with E-state index in [1.807, 2.05) is 29.9 Å². The van der Waals surface area contributed by atoms with Crippen molar-refractivity contribution in [1.82, 2.24) is 34.5 Å². The van der Waals surface area contributed by atoms with E-state index in [1.54, 1.807) is 10.8 Å². The molecule has 5 rings (SSSR count). The van der Waals surface area contributed by atoms with E-state index in [4.69, 9.17) is 14.6 Å². The number of nitrogens with one attached hydrogen (secondary N) is 1. The third-order valence-electron chi connectivity index (χ3n) is 5.13. The van der Waals surface area contributed by atoms with Gasteiger partial charge >= 0.3 is 5.69 Å². The van der Waals surface area contributed by atoms with Crippen LogP contribution < -0.4 is 10.6 Å². The molecule has 1 saturated heterocycles. The highest BCUT2D eigenvalue weighted by atomic mass is 16.5. The van der Waals surface area contributed by atoms with E-state index in [1.165, 1.54) is 0 Å². The van der Waals surface area contributed by atoms with Crippen LogP contribution in [0.4, 0.5) is 5.82 Å². The summed E-state index contributed by atoms with van der Waals surface area (Å²) in [4.78, 5) is 26.7. The number of aromatic amines is 1. The van der Waals surface area contributed by atoms with Gasteiger partial charge in [0.05, 0.1) is 13.1 Å². The van der Waals surface area contributed by atoms with Crippen molar-refractivity contribution in [2.75, 3.05) is 18.0 Å². The fraction of sp³-hybridized carbons (Fsp3) is 0.412. The van der Waals surface area contributed by atoms with Gasteiger partial charge in [-0.1, -0.05) is 0 Å². The van der Waals surface area contributed by atoms with Crippen LogP contribution in [0.1, 0.15) is 12.2 Å². The fourth-order valence-corrected chi connectivity index (χ4v) is 3.69. The number of hydrogen-bond donors (Lipinski definition) is 2. The first-order valence-corrected chi connectivity index (χ1v) is 8.97. The molecular formula is C17H20N8O4. The van der Waals surface area contributed by atoms with Gasteiger partial charge < -0.3 is 19.3 Å². The van der Waals surface area contributed by atoms with Gasteiger partial charge in [-0.2, -0.15) is 5.10 Å². The molecule has 1 fully saturated rings. The van der Waals surface area contributed by atoms with Crippen LogP contribution in [0.2, 0.25) is 0 Å². The monoisotopic (exact) mass is 400 g/mol. The second kappa shape index (κ2) is 7.47. The molecule has 2 aliphatic heterocycles. The Morgan fingerprint density at radius 1 is 1.31 bits per heavy atom. The molecule has 0 aliphatic carbocycles. The Balaban J connectivity index is 0.000000645. The highest BCUT2D eigenvalue weighted by Gasteiger charge is 2.43. The lowest BCUT2D eigenvalue weighted by Gasteiger charge is -2.33. The summed E-state index contributed by atoms with van der Waals surface area (Å²) in [5.41, 5.74) is 0.166. The minimum absolute atomic E-state index is 0.180. The molecule has 3 aromatic rings. The topological polar surface area (TPSA) is 144 Å². The van der Waals surface area contributed by atoms with Crippen molar-refractivity contribution < 1.29 is 14.6 Å². The molecule has 1 spiro atoms. The number of H-pyrrole nitrogens is 1. The molecule has 0 amide bonds. The predicted molar refractivity (Wildman–Crippen MR) is 100 cm³/mol. The van der Waals surface area contributed by atoms with Crippen molar-refractivity contribution in [3.8, 4) is 11.5 Å². The molecule has 3 aromatic heterocycles. The maximum atomic E-state index is 11.9. The first kappa shape index (κ1) is 18.8. The van der Waals surface area contributed by atoms with E-state index in [9.17, 15) is 4.79 Å². The van der Waals surface area contributed by atoms with Gasteiger partial charge in [-0.05, 0) is 18.6 Å². The first-order chi connectivity index (χ1) is 14.0. The maximum Gasteiger partial charge on any atom is 0.343 e. The average molecular weight is 400 g/mol. The van der Waals surface area contributed by atoms with Gasteiger partial charge in [-0.25, -0.2) is 14.9 Å². The molecular weight excluding hydrogens is 380 g/mol. The molecule has 152 valence electrons. The lowest BCUT2D eigenvalue weighted by molar-refractivity contribution is -0.122. The molecule has 12 heteroatoms. The largest absolute Gasteiger partial charge is 0.483 e. The van der Waals surface area contributed by atoms with Gasteiger partial charge in [0.25, 0.3) is 6.47 Å². The second-order valence-electron chi connectivity index (χ2n) is 6.92. The minimum Gasteiger partial charge on any atom is -0.483 e. The Labute approximate surface area is 164 Å². The number of nitrogens with zero attached hydrogens (tertiary/aromatic N) is 7. The number of anilines is 1. The van der Waals surface area contributed by atoms with Crippen molar-refractivity contribution in [3.05, 3.63) is 40.8 Å². The fourth-order valence-electron chi connectivity index (χ4n) is 3.69. The summed E-state index contributed by atoms with van der Waals surface area (Å²) in [5, 5.41) is 22.0. The Kier molecular flexibility index (Phi) is 4.84. The summed E-state index contributed by atoms with van der Waals surface area (Å²) in [6.07, 6.45) is 4.44. The van der Waals surface area contributed by atoms with Gasteiger partial charge in [-0.3, -0.25) is 9.36 Å². The van der Waals surface area contributed by atoms with Crippen molar-refractivity contribution in [2.45, 2.75) is 25.2 Å². The highest BCUT2D eigenvalue weighted by Crippen LogP contribution is 2.33. The number of ether oxygens (including phenoxy) is 1. The lowest BCUT2D eigenvalue weighted by Crippen LogP contribution is -2.46. The van der Waals surface area contributed by atoms with E-state index in [0.717, 1.165) is 30.3 Å². The maximum absolute atomic E-state index is 11.9. The summed E-state index contributed by atoms with van der Waals surface area (Å²) in [6.45, 7) is 2.07. The van der Waals surface area contributed by atoms with Crippen LogP contribution in [0.15, 0.2) is 29.3 Å². The number of fused-ring (bicyclic) bond motifs is 1. The van der Waals surface area contributed by atoms with Crippen LogP contribution in [0.25, 0.3) is 11.5 Å². The van der Waals surface area contributed by atoms with Crippen LogP contribution in [0.5, 0.6) is 0 Å². The highest BCUT2D eigenvalue weighted by molar-refractivity contribution is 5.52. The summed E-state index contributed by atoms with van der Waals surface area (Å²) in [6, 6.07) is 3.88. The summed E-state index contributed by atoms with van der Waals surface area (Å²) >= 11 is 0. The molecule has 1 unspecified atom stereocenters. The quantitative estimate of drug-likeness (QED) is 0.551. The number of aryl methyl sites for hydroxylation is 1. The molecule has 1 atom stereocenters. The van der Waals surface area contributed by atoms with Gasteiger partial charge in [0.2, 0.25) is 0 Å². The molecule has 12 nitrogen and oxygen atoms in total. The number of carboxylic acid groups (broad SMARTS) is 1. The minimum atomic E-state index is -0.388. The van der Waals surface area contributed by atoms with Crippen LogP contribution in [-0.2, 0) is 29.7 Å². The van der Waals surface area contributed by atoms with Gasteiger partial charge in [0.1, 0.15) is 17.9 Å². The summed E-state index contributed by atoms with van der Waals surface area (Å²) < 4.78 is 9.65. The third kappa shape index (κ3) is 3.49. The molecule has 5 heterocycles. The SMILES string of the molecule is Cn1ccnc1-c1ccc(N2CCC3(C2)Cn2c(n[nH]c2=O)CO3)nn1.O=CO. The van der Waals surface area contributed by atoms with Crippen LogP contribution in [0.3, 0.4) is 0 Å². The molecule has 2 N–H and O–H groups in total. The van der Waals surface area contributed by atoms with E-state index >= 15 is 0 Å². The standard InChI is InChI=1S/C16H18N8O2.CH2O2/c1-22-7-5-17-14(22)11-2-3-12(19-18-11)23-6-4-16(9-23)10-24-13(8-26-16)20-21-15(24)25;2-1-3/h2-3,5,7H,4,6,8-10H2,1H3,(H,21,25);1H,(H,2,3). The number of imidazole rings is 1. The van der Waals surface area contributed by atoms with Gasteiger partial charge in [-0.15, -0.1) is 10.2 Å². The first-order valence-electron chi connectivity index (χ1n) is 8.97. The van der Waals surface area contributed by atoms with Gasteiger partial charge in [0, 0.05) is 26.0 Å². The normalized spacial score (nSPS) is 20.2. The van der Waals surface area contributed by atoms with E-state index in [-0.39, 0.29) is 17.8 Å². The second-order valence-corrected chi connectivity index (χ2v) is 6.92. The number of rotatable bonds is 2. The van der Waals surface area contributed by atoms with E-state index < -0.39 is 0 Å². The number of carbonyl (C=O) groups is 1. The van der Waals surface area contributed by atoms with E-state index in [2.05, 4.69) is 30.3 Å². The Morgan fingerprint density at radius 3 is 2.83 bits per heavy atom. The average Bonchev–Trinajstić information content (AvgIpc) is 3.43. The van der Waals surface area contributed by atoms with Crippen molar-refractivity contribution in [3.63, 3.8) is 0 Å². The molecule has 0 aromatic carbocycles.